The number of nitrogens with one attached hydrogen (secondary N) is 4. The van der Waals surface area contributed by atoms with Crippen molar-refractivity contribution in [2.75, 3.05) is 13.1 Å². The molecule has 4 N–H and O–H groups in total. The molecule has 0 heterocycles. The summed E-state index contributed by atoms with van der Waals surface area (Å²) in [4.78, 5) is 45.4. The van der Waals surface area contributed by atoms with E-state index in [0.29, 0.717) is 0 Å². The maximum absolute atomic E-state index is 11.6. The van der Waals surface area contributed by atoms with Gasteiger partial charge < -0.3 is 21.3 Å². The molecule has 0 fully saturated rings. The van der Waals surface area contributed by atoms with Gasteiger partial charge in [-0.25, -0.2) is 0 Å². The molecule has 0 aliphatic carbocycles. The normalized spacial score (nSPS) is 12.2. The van der Waals surface area contributed by atoms with Crippen molar-refractivity contribution in [3.8, 4) is 0 Å². The number of carbonyl (C=O) groups excluding carboxylic acids is 4. The van der Waals surface area contributed by atoms with E-state index in [0.717, 1.165) is 12.2 Å². The van der Waals surface area contributed by atoms with Gasteiger partial charge in [-0.2, -0.15) is 0 Å². The Hall–Kier alpha value is -2.64. The van der Waals surface area contributed by atoms with E-state index < -0.39 is 0 Å². The number of hydrogen-bond acceptors (Lipinski definition) is 4. The first-order valence-electron chi connectivity index (χ1n) is 7.67. The summed E-state index contributed by atoms with van der Waals surface area (Å²) in [5, 5.41) is 10.5. The van der Waals surface area contributed by atoms with Gasteiger partial charge in [-0.3, -0.25) is 19.2 Å². The van der Waals surface area contributed by atoms with Gasteiger partial charge in [0.1, 0.15) is 0 Å². The summed E-state index contributed by atoms with van der Waals surface area (Å²) >= 11 is 0. The van der Waals surface area contributed by atoms with Gasteiger partial charge in [0.05, 0.1) is 0 Å². The fraction of sp³-hybridized carbons (Fsp3) is 0.500. The monoisotopic (exact) mass is 338 g/mol. The van der Waals surface area contributed by atoms with Crippen LogP contribution >= 0.6 is 0 Å². The molecule has 0 aromatic rings. The van der Waals surface area contributed by atoms with Crippen LogP contribution in [0.3, 0.4) is 0 Å². The Morgan fingerprint density at radius 2 is 1.12 bits per heavy atom. The highest BCUT2D eigenvalue weighted by Gasteiger charge is 2.10. The zero-order valence-electron chi connectivity index (χ0n) is 14.2. The molecular formula is C16H26N4O4. The Bertz CT molecular complexity index is 446. The molecule has 0 aromatic heterocycles. The smallest absolute Gasteiger partial charge is 0.243 e. The summed E-state index contributed by atoms with van der Waals surface area (Å²) in [5.41, 5.74) is 0. The van der Waals surface area contributed by atoms with Gasteiger partial charge in [-0.1, -0.05) is 13.2 Å². The Morgan fingerprint density at radius 3 is 1.42 bits per heavy atom. The fourth-order valence-corrected chi connectivity index (χ4v) is 1.64. The molecule has 0 aliphatic heterocycles. The average Bonchev–Trinajstić information content (AvgIpc) is 2.55. The van der Waals surface area contributed by atoms with Gasteiger partial charge in [0.2, 0.25) is 23.6 Å². The molecule has 4 amide bonds. The van der Waals surface area contributed by atoms with Crippen LogP contribution in [0.4, 0.5) is 0 Å². The van der Waals surface area contributed by atoms with Crippen molar-refractivity contribution in [1.29, 1.82) is 0 Å². The van der Waals surface area contributed by atoms with Gasteiger partial charge in [-0.05, 0) is 26.0 Å². The van der Waals surface area contributed by atoms with Crippen molar-refractivity contribution in [2.24, 2.45) is 0 Å². The molecule has 8 nitrogen and oxygen atoms in total. The molecule has 0 radical (unpaired) electrons. The van der Waals surface area contributed by atoms with Crippen molar-refractivity contribution in [1.82, 2.24) is 21.3 Å². The Morgan fingerprint density at radius 1 is 0.792 bits per heavy atom. The summed E-state index contributed by atoms with van der Waals surface area (Å²) in [5.74, 6) is -1.18. The van der Waals surface area contributed by atoms with Gasteiger partial charge in [0, 0.05) is 38.0 Å². The predicted octanol–water partition coefficient (Wildman–Crippen LogP) is -0.620. The van der Waals surface area contributed by atoms with Gasteiger partial charge in [-0.15, -0.1) is 0 Å². The third-order valence-corrected chi connectivity index (χ3v) is 2.94. The van der Waals surface area contributed by atoms with E-state index in [1.165, 1.54) is 0 Å². The lowest BCUT2D eigenvalue weighted by molar-refractivity contribution is -0.126. The van der Waals surface area contributed by atoms with E-state index in [9.17, 15) is 19.2 Å². The second-order valence-corrected chi connectivity index (χ2v) is 5.34. The van der Waals surface area contributed by atoms with E-state index in [-0.39, 0.29) is 61.6 Å². The first kappa shape index (κ1) is 21.4. The number of amides is 4. The minimum absolute atomic E-state index is 0.0430. The molecule has 8 heteroatoms. The zero-order valence-corrected chi connectivity index (χ0v) is 14.2. The predicted molar refractivity (Wildman–Crippen MR) is 90.9 cm³/mol. The third kappa shape index (κ3) is 11.0. The molecule has 2 unspecified atom stereocenters. The Labute approximate surface area is 142 Å². The molecule has 134 valence electrons. The molecule has 0 spiro atoms. The number of rotatable bonds is 11. The lowest BCUT2D eigenvalue weighted by atomic mass is 10.2. The van der Waals surface area contributed by atoms with E-state index in [1.807, 2.05) is 0 Å². The van der Waals surface area contributed by atoms with Crippen molar-refractivity contribution >= 4 is 23.6 Å². The lowest BCUT2D eigenvalue weighted by Gasteiger charge is -2.14. The lowest BCUT2D eigenvalue weighted by Crippen LogP contribution is -2.42. The average molecular weight is 338 g/mol. The van der Waals surface area contributed by atoms with Crippen LogP contribution in [0, 0.1) is 0 Å². The van der Waals surface area contributed by atoms with Crippen LogP contribution in [0.15, 0.2) is 25.3 Å². The summed E-state index contributed by atoms with van der Waals surface area (Å²) in [7, 11) is 0. The van der Waals surface area contributed by atoms with Crippen LogP contribution in [0.1, 0.15) is 26.7 Å². The molecule has 0 rings (SSSR count). The highest BCUT2D eigenvalue weighted by atomic mass is 16.2. The van der Waals surface area contributed by atoms with Gasteiger partial charge in [0.25, 0.3) is 0 Å². The SMILES string of the molecule is C=CC(=O)NC(C)CNC(=O)CCC(=O)NCC(C)NC(=O)C=C. The van der Waals surface area contributed by atoms with Crippen LogP contribution in [0.25, 0.3) is 0 Å². The van der Waals surface area contributed by atoms with E-state index in [4.69, 9.17) is 0 Å². The molecule has 24 heavy (non-hydrogen) atoms. The Balaban J connectivity index is 3.87. The minimum atomic E-state index is -0.311. The summed E-state index contributed by atoms with van der Waals surface area (Å²) in [6.45, 7) is 10.7. The second-order valence-electron chi connectivity index (χ2n) is 5.34. The van der Waals surface area contributed by atoms with Crippen molar-refractivity contribution in [3.63, 3.8) is 0 Å². The highest BCUT2D eigenvalue weighted by molar-refractivity contribution is 5.87. The van der Waals surface area contributed by atoms with Crippen molar-refractivity contribution in [3.05, 3.63) is 25.3 Å². The molecular weight excluding hydrogens is 312 g/mol. The summed E-state index contributed by atoms with van der Waals surface area (Å²) < 4.78 is 0. The zero-order chi connectivity index (χ0) is 18.5. The number of carbonyl (C=O) groups is 4. The van der Waals surface area contributed by atoms with Gasteiger partial charge in [0.15, 0.2) is 0 Å². The fourth-order valence-electron chi connectivity index (χ4n) is 1.64. The maximum Gasteiger partial charge on any atom is 0.243 e. The first-order chi connectivity index (χ1) is 11.3. The molecule has 2 atom stereocenters. The van der Waals surface area contributed by atoms with Crippen molar-refractivity contribution in [2.45, 2.75) is 38.8 Å². The Kier molecular flexibility index (Phi) is 10.6. The second kappa shape index (κ2) is 11.9. The molecule has 0 saturated heterocycles. The van der Waals surface area contributed by atoms with Crippen LogP contribution < -0.4 is 21.3 Å². The van der Waals surface area contributed by atoms with Crippen LogP contribution in [-0.2, 0) is 19.2 Å². The largest absolute Gasteiger partial charge is 0.354 e. The molecule has 0 aromatic carbocycles. The molecule has 0 bridgehead atoms. The van der Waals surface area contributed by atoms with Crippen LogP contribution in [0.2, 0.25) is 0 Å². The molecule has 0 saturated carbocycles. The standard InChI is InChI=1S/C16H26N4O4/c1-5-13(21)19-11(3)9-17-15(23)7-8-16(24)18-10-12(4)20-14(22)6-2/h5-6,11-12H,1-2,7-10H2,3-4H3,(H,17,23)(H,18,24)(H,19,21)(H,20,22). The van der Waals surface area contributed by atoms with E-state index in [2.05, 4.69) is 34.4 Å². The highest BCUT2D eigenvalue weighted by Crippen LogP contribution is 1.91. The van der Waals surface area contributed by atoms with E-state index >= 15 is 0 Å². The van der Waals surface area contributed by atoms with Crippen molar-refractivity contribution < 1.29 is 19.2 Å². The molecule has 0 aliphatic rings. The topological polar surface area (TPSA) is 116 Å². The summed E-state index contributed by atoms with van der Waals surface area (Å²) in [6, 6.07) is -0.467. The van der Waals surface area contributed by atoms with Crippen LogP contribution in [0.5, 0.6) is 0 Å². The minimum Gasteiger partial charge on any atom is -0.354 e. The maximum atomic E-state index is 11.6. The third-order valence-electron chi connectivity index (χ3n) is 2.94. The van der Waals surface area contributed by atoms with Gasteiger partial charge >= 0.3 is 0 Å². The number of hydrogen-bond donors (Lipinski definition) is 4. The van der Waals surface area contributed by atoms with E-state index in [1.54, 1.807) is 13.8 Å². The summed E-state index contributed by atoms with van der Waals surface area (Å²) in [6.07, 6.45) is 2.39. The van der Waals surface area contributed by atoms with Crippen LogP contribution in [-0.4, -0.2) is 48.8 Å². The quantitative estimate of drug-likeness (QED) is 0.376. The first-order valence-corrected chi connectivity index (χ1v) is 7.67.